The van der Waals surface area contributed by atoms with Crippen LogP contribution in [0.5, 0.6) is 17.2 Å². The van der Waals surface area contributed by atoms with Gasteiger partial charge in [0, 0.05) is 32.8 Å². The average molecular weight is 538 g/mol. The van der Waals surface area contributed by atoms with E-state index in [0.29, 0.717) is 22.1 Å². The molecule has 3 aromatic carbocycles. The van der Waals surface area contributed by atoms with Crippen LogP contribution in [0.1, 0.15) is 22.6 Å². The van der Waals surface area contributed by atoms with Crippen molar-refractivity contribution in [2.45, 2.75) is 5.92 Å². The molecule has 0 bridgehead atoms. The molecule has 4 rings (SSSR count). The number of hydrogen-bond acceptors (Lipinski definition) is 6. The molecule has 34 heavy (non-hydrogen) atoms. The molecule has 3 aromatic rings. The lowest BCUT2D eigenvalue weighted by Crippen LogP contribution is -2.21. The zero-order chi connectivity index (χ0) is 24.2. The number of hydrogen-bond donors (Lipinski definition) is 1. The number of ether oxygens (including phenoxy) is 3. The van der Waals surface area contributed by atoms with Crippen LogP contribution in [0.25, 0.3) is 6.08 Å². The fourth-order valence-electron chi connectivity index (χ4n) is 3.64. The first kappa shape index (κ1) is 23.4. The number of carbonyl (C=O) groups is 1. The molecule has 0 spiro atoms. The molecule has 0 amide bonds. The zero-order valence-electron chi connectivity index (χ0n) is 17.9. The van der Waals surface area contributed by atoms with Gasteiger partial charge in [-0.15, -0.1) is 0 Å². The third-order valence-corrected chi connectivity index (χ3v) is 5.94. The number of fused-ring (bicyclic) bond motifs is 1. The summed E-state index contributed by atoms with van der Waals surface area (Å²) in [5.41, 5.74) is 8.60. The Balaban J connectivity index is 1.64. The van der Waals surface area contributed by atoms with Crippen molar-refractivity contribution in [3.05, 3.63) is 104 Å². The fraction of sp³-hybridized carbons (Fsp3) is 0.0769. The number of nitrogens with zero attached hydrogens (tertiary/aromatic N) is 1. The largest absolute Gasteiger partial charge is 0.496 e. The summed E-state index contributed by atoms with van der Waals surface area (Å²) < 4.78 is 17.5. The van der Waals surface area contributed by atoms with Crippen LogP contribution < -0.4 is 19.9 Å². The SMILES string of the molecule is COc1ccc(Br)cc1C1C(C#N)=C(N)Oc2cc(OC(=O)/C=C/c3ccc(Cl)cc3)ccc21. The molecule has 0 saturated carbocycles. The van der Waals surface area contributed by atoms with E-state index in [4.69, 9.17) is 31.5 Å². The predicted octanol–water partition coefficient (Wildman–Crippen LogP) is 5.95. The van der Waals surface area contributed by atoms with Gasteiger partial charge in [0.2, 0.25) is 5.88 Å². The Morgan fingerprint density at radius 3 is 2.62 bits per heavy atom. The third kappa shape index (κ3) is 4.93. The van der Waals surface area contributed by atoms with E-state index < -0.39 is 11.9 Å². The van der Waals surface area contributed by atoms with E-state index in [-0.39, 0.29) is 17.2 Å². The number of benzene rings is 3. The van der Waals surface area contributed by atoms with Crippen LogP contribution in [0.3, 0.4) is 0 Å². The minimum absolute atomic E-state index is 0.0202. The Hall–Kier alpha value is -3.73. The molecule has 1 aliphatic rings. The van der Waals surface area contributed by atoms with E-state index in [2.05, 4.69) is 22.0 Å². The van der Waals surface area contributed by atoms with Crippen LogP contribution in [-0.2, 0) is 4.79 Å². The average Bonchev–Trinajstić information content (AvgIpc) is 2.82. The Bertz CT molecular complexity index is 1360. The molecule has 0 fully saturated rings. The van der Waals surface area contributed by atoms with E-state index in [1.54, 1.807) is 55.7 Å². The molecule has 0 radical (unpaired) electrons. The highest BCUT2D eigenvalue weighted by Gasteiger charge is 2.33. The summed E-state index contributed by atoms with van der Waals surface area (Å²) in [6.07, 6.45) is 2.95. The van der Waals surface area contributed by atoms with Gasteiger partial charge < -0.3 is 19.9 Å². The quantitative estimate of drug-likeness (QED) is 0.246. The molecule has 0 saturated heterocycles. The first-order valence-electron chi connectivity index (χ1n) is 10.1. The minimum atomic E-state index is -0.558. The smallest absolute Gasteiger partial charge is 0.336 e. The lowest BCUT2D eigenvalue weighted by Gasteiger charge is -2.27. The lowest BCUT2D eigenvalue weighted by atomic mass is 9.83. The molecule has 1 unspecified atom stereocenters. The van der Waals surface area contributed by atoms with Gasteiger partial charge in [-0.2, -0.15) is 5.26 Å². The van der Waals surface area contributed by atoms with Crippen LogP contribution in [-0.4, -0.2) is 13.1 Å². The maximum Gasteiger partial charge on any atom is 0.336 e. The van der Waals surface area contributed by atoms with E-state index >= 15 is 0 Å². The molecule has 6 nitrogen and oxygen atoms in total. The van der Waals surface area contributed by atoms with Crippen LogP contribution in [0.2, 0.25) is 5.02 Å². The first-order valence-corrected chi connectivity index (χ1v) is 11.3. The van der Waals surface area contributed by atoms with Gasteiger partial charge in [-0.3, -0.25) is 0 Å². The summed E-state index contributed by atoms with van der Waals surface area (Å²) in [5, 5.41) is 10.4. The fourth-order valence-corrected chi connectivity index (χ4v) is 4.14. The summed E-state index contributed by atoms with van der Waals surface area (Å²) >= 11 is 9.35. The van der Waals surface area contributed by atoms with Crippen molar-refractivity contribution in [1.29, 1.82) is 5.26 Å². The molecule has 1 aliphatic heterocycles. The summed E-state index contributed by atoms with van der Waals surface area (Å²) in [6, 6.07) is 19.7. The second-order valence-corrected chi connectivity index (χ2v) is 8.67. The normalized spacial score (nSPS) is 14.8. The molecule has 8 heteroatoms. The Kier molecular flexibility index (Phi) is 6.92. The number of esters is 1. The van der Waals surface area contributed by atoms with E-state index in [1.807, 2.05) is 18.2 Å². The first-order chi connectivity index (χ1) is 16.4. The monoisotopic (exact) mass is 536 g/mol. The van der Waals surface area contributed by atoms with Gasteiger partial charge in [-0.1, -0.05) is 45.7 Å². The molecule has 0 aliphatic carbocycles. The van der Waals surface area contributed by atoms with Crippen molar-refractivity contribution in [2.24, 2.45) is 5.73 Å². The highest BCUT2D eigenvalue weighted by Crippen LogP contribution is 2.46. The standard InChI is InChI=1S/C26H18BrClN2O4/c1-32-22-10-5-16(27)12-20(22)25-19-9-8-18(13-23(19)34-26(30)21(25)14-29)33-24(31)11-4-15-2-6-17(28)7-3-15/h2-13,25H,30H2,1H3/b11-4+. The number of rotatable bonds is 5. The lowest BCUT2D eigenvalue weighted by molar-refractivity contribution is -0.128. The maximum atomic E-state index is 12.3. The highest BCUT2D eigenvalue weighted by molar-refractivity contribution is 9.10. The van der Waals surface area contributed by atoms with Gasteiger partial charge in [0.25, 0.3) is 0 Å². The second-order valence-electron chi connectivity index (χ2n) is 7.32. The number of allylic oxidation sites excluding steroid dienone is 1. The number of carbonyl (C=O) groups excluding carboxylic acids is 1. The van der Waals surface area contributed by atoms with Crippen molar-refractivity contribution in [3.63, 3.8) is 0 Å². The summed E-state index contributed by atoms with van der Waals surface area (Å²) in [7, 11) is 1.56. The van der Waals surface area contributed by atoms with Crippen molar-refractivity contribution < 1.29 is 19.0 Å². The van der Waals surface area contributed by atoms with Gasteiger partial charge in [0.05, 0.1) is 13.0 Å². The molecular weight excluding hydrogens is 520 g/mol. The summed E-state index contributed by atoms with van der Waals surface area (Å²) in [5.74, 6) is 0.165. The predicted molar refractivity (Wildman–Crippen MR) is 133 cm³/mol. The van der Waals surface area contributed by atoms with Crippen LogP contribution in [0.15, 0.2) is 82.7 Å². The van der Waals surface area contributed by atoms with Crippen LogP contribution in [0, 0.1) is 11.3 Å². The summed E-state index contributed by atoms with van der Waals surface area (Å²) in [4.78, 5) is 12.3. The Labute approximate surface area is 209 Å². The number of halogens is 2. The van der Waals surface area contributed by atoms with E-state index in [1.165, 1.54) is 6.08 Å². The third-order valence-electron chi connectivity index (χ3n) is 5.19. The number of nitrogens with two attached hydrogens (primary N) is 1. The van der Waals surface area contributed by atoms with Crippen LogP contribution >= 0.6 is 27.5 Å². The van der Waals surface area contributed by atoms with Crippen molar-refractivity contribution in [2.75, 3.05) is 7.11 Å². The highest BCUT2D eigenvalue weighted by atomic mass is 79.9. The van der Waals surface area contributed by atoms with Gasteiger partial charge in [0.1, 0.15) is 28.9 Å². The van der Waals surface area contributed by atoms with Gasteiger partial charge in [0.15, 0.2) is 0 Å². The van der Waals surface area contributed by atoms with E-state index in [9.17, 15) is 10.1 Å². The van der Waals surface area contributed by atoms with E-state index in [0.717, 1.165) is 15.6 Å². The van der Waals surface area contributed by atoms with Gasteiger partial charge in [-0.25, -0.2) is 4.79 Å². The van der Waals surface area contributed by atoms with Gasteiger partial charge in [-0.05, 0) is 48.0 Å². The molecule has 2 N–H and O–H groups in total. The second kappa shape index (κ2) is 10.0. The van der Waals surface area contributed by atoms with Crippen LogP contribution in [0.4, 0.5) is 0 Å². The van der Waals surface area contributed by atoms with Gasteiger partial charge >= 0.3 is 5.97 Å². The topological polar surface area (TPSA) is 94.6 Å². The van der Waals surface area contributed by atoms with Crippen molar-refractivity contribution >= 4 is 39.6 Å². The molecule has 1 heterocycles. The Morgan fingerprint density at radius 1 is 1.15 bits per heavy atom. The molecular formula is C26H18BrClN2O4. The van der Waals surface area contributed by atoms with Crippen molar-refractivity contribution in [1.82, 2.24) is 0 Å². The number of methoxy groups -OCH3 is 1. The molecule has 0 aromatic heterocycles. The maximum absolute atomic E-state index is 12.3. The zero-order valence-corrected chi connectivity index (χ0v) is 20.3. The minimum Gasteiger partial charge on any atom is -0.496 e. The Morgan fingerprint density at radius 2 is 1.91 bits per heavy atom. The molecule has 170 valence electrons. The number of nitriles is 1. The molecule has 1 atom stereocenters. The summed E-state index contributed by atoms with van der Waals surface area (Å²) in [6.45, 7) is 0. The van der Waals surface area contributed by atoms with Crippen molar-refractivity contribution in [3.8, 4) is 23.3 Å².